The Hall–Kier alpha value is -2.65. The largest absolute Gasteiger partial charge is 0.354 e. The monoisotopic (exact) mass is 483 g/mol. The van der Waals surface area contributed by atoms with Gasteiger partial charge in [0.15, 0.2) is 0 Å². The molecule has 0 saturated heterocycles. The lowest BCUT2D eigenvalue weighted by molar-refractivity contribution is -0.139. The summed E-state index contributed by atoms with van der Waals surface area (Å²) in [6.07, 6.45) is 1.72. The van der Waals surface area contributed by atoms with Crippen molar-refractivity contribution in [3.63, 3.8) is 0 Å². The van der Waals surface area contributed by atoms with Crippen molar-refractivity contribution in [2.45, 2.75) is 32.9 Å². The van der Waals surface area contributed by atoms with Gasteiger partial charge in [0.05, 0.1) is 11.9 Å². The molecule has 0 aliphatic heterocycles. The van der Waals surface area contributed by atoms with Crippen LogP contribution in [0.2, 0.25) is 5.02 Å². The molecular formula is C22H27ClFN3O4S. The normalized spacial score (nSPS) is 12.2. The van der Waals surface area contributed by atoms with Crippen LogP contribution in [0.4, 0.5) is 10.1 Å². The van der Waals surface area contributed by atoms with Crippen molar-refractivity contribution in [1.29, 1.82) is 0 Å². The number of nitrogens with zero attached hydrogens (tertiary/aromatic N) is 2. The zero-order valence-electron chi connectivity index (χ0n) is 18.2. The molecule has 0 aromatic heterocycles. The Kier molecular flexibility index (Phi) is 9.03. The summed E-state index contributed by atoms with van der Waals surface area (Å²) < 4.78 is 39.1. The Morgan fingerprint density at radius 3 is 2.22 bits per heavy atom. The van der Waals surface area contributed by atoms with Crippen LogP contribution in [0.25, 0.3) is 0 Å². The van der Waals surface area contributed by atoms with Gasteiger partial charge in [-0.3, -0.25) is 13.9 Å². The zero-order valence-corrected chi connectivity index (χ0v) is 19.8. The standard InChI is InChI=1S/C22H27ClFN3O4S/c1-4-13-25-22(29)16(2)26(14-17-5-9-19(24)10-6-17)21(28)15-27(32(3,30)31)20-11-7-18(23)8-12-20/h5-12,16H,4,13-15H2,1-3H3,(H,25,29)/t16-/m0/s1. The molecule has 2 aromatic rings. The fourth-order valence-corrected chi connectivity index (χ4v) is 3.96. The Bertz CT molecular complexity index is 1030. The van der Waals surface area contributed by atoms with Gasteiger partial charge < -0.3 is 10.2 Å². The number of hydrogen-bond donors (Lipinski definition) is 1. The molecule has 32 heavy (non-hydrogen) atoms. The molecule has 0 aliphatic carbocycles. The number of carbonyl (C=O) groups excluding carboxylic acids is 2. The highest BCUT2D eigenvalue weighted by atomic mass is 35.5. The summed E-state index contributed by atoms with van der Waals surface area (Å²) in [5.41, 5.74) is 0.877. The number of rotatable bonds is 10. The van der Waals surface area contributed by atoms with Crippen LogP contribution >= 0.6 is 11.6 Å². The lowest BCUT2D eigenvalue weighted by atomic mass is 10.1. The predicted molar refractivity (Wildman–Crippen MR) is 123 cm³/mol. The van der Waals surface area contributed by atoms with Crippen LogP contribution < -0.4 is 9.62 Å². The minimum absolute atomic E-state index is 0.0119. The highest BCUT2D eigenvalue weighted by Crippen LogP contribution is 2.21. The van der Waals surface area contributed by atoms with Crippen molar-refractivity contribution < 1.29 is 22.4 Å². The molecule has 0 radical (unpaired) electrons. The first kappa shape index (κ1) is 25.6. The number of halogens is 2. The summed E-state index contributed by atoms with van der Waals surface area (Å²) in [5, 5.41) is 3.17. The van der Waals surface area contributed by atoms with Gasteiger partial charge in [-0.1, -0.05) is 30.7 Å². The van der Waals surface area contributed by atoms with E-state index in [0.717, 1.165) is 17.0 Å². The lowest BCUT2D eigenvalue weighted by Crippen LogP contribution is -2.51. The summed E-state index contributed by atoms with van der Waals surface area (Å²) in [6, 6.07) is 10.7. The van der Waals surface area contributed by atoms with E-state index >= 15 is 0 Å². The summed E-state index contributed by atoms with van der Waals surface area (Å²) in [4.78, 5) is 27.1. The molecule has 2 amide bonds. The topological polar surface area (TPSA) is 86.8 Å². The SMILES string of the molecule is CCCNC(=O)[C@H](C)N(Cc1ccc(F)cc1)C(=O)CN(c1ccc(Cl)cc1)S(C)(=O)=O. The molecular weight excluding hydrogens is 457 g/mol. The molecule has 7 nitrogen and oxygen atoms in total. The first-order chi connectivity index (χ1) is 15.0. The van der Waals surface area contributed by atoms with Crippen LogP contribution in [-0.2, 0) is 26.2 Å². The second-order valence-corrected chi connectivity index (χ2v) is 9.70. The van der Waals surface area contributed by atoms with E-state index in [-0.39, 0.29) is 18.1 Å². The van der Waals surface area contributed by atoms with Gasteiger partial charge in [0.1, 0.15) is 18.4 Å². The smallest absolute Gasteiger partial charge is 0.244 e. The Balaban J connectivity index is 2.34. The minimum atomic E-state index is -3.81. The zero-order chi connectivity index (χ0) is 23.9. The summed E-state index contributed by atoms with van der Waals surface area (Å²) in [5.74, 6) is -1.36. The molecule has 10 heteroatoms. The molecule has 174 valence electrons. The van der Waals surface area contributed by atoms with Crippen molar-refractivity contribution in [3.05, 3.63) is 64.9 Å². The average Bonchev–Trinajstić information content (AvgIpc) is 2.74. The third kappa shape index (κ3) is 7.20. The number of nitrogens with one attached hydrogen (secondary N) is 1. The van der Waals surface area contributed by atoms with Crippen LogP contribution in [0.1, 0.15) is 25.8 Å². The average molecular weight is 484 g/mol. The first-order valence-corrected chi connectivity index (χ1v) is 12.3. The molecule has 2 rings (SSSR count). The maximum atomic E-state index is 13.3. The van der Waals surface area contributed by atoms with Crippen molar-refractivity contribution in [2.24, 2.45) is 0 Å². The van der Waals surface area contributed by atoms with Crippen molar-refractivity contribution in [2.75, 3.05) is 23.7 Å². The molecule has 1 N–H and O–H groups in total. The molecule has 0 fully saturated rings. The summed E-state index contributed by atoms with van der Waals surface area (Å²) in [6.45, 7) is 3.43. The van der Waals surface area contributed by atoms with Crippen molar-refractivity contribution in [3.8, 4) is 0 Å². The first-order valence-electron chi connectivity index (χ1n) is 10.1. The van der Waals surface area contributed by atoms with Crippen LogP contribution in [0.15, 0.2) is 48.5 Å². The highest BCUT2D eigenvalue weighted by Gasteiger charge is 2.29. The highest BCUT2D eigenvalue weighted by molar-refractivity contribution is 7.92. The summed E-state index contributed by atoms with van der Waals surface area (Å²) >= 11 is 5.89. The molecule has 0 saturated carbocycles. The Labute approximate surface area is 193 Å². The van der Waals surface area contributed by atoms with E-state index in [0.29, 0.717) is 17.1 Å². The molecule has 0 bridgehead atoms. The molecule has 0 aliphatic rings. The fraction of sp³-hybridized carbons (Fsp3) is 0.364. The van der Waals surface area contributed by atoms with E-state index in [1.807, 2.05) is 6.92 Å². The fourth-order valence-electron chi connectivity index (χ4n) is 2.99. The second-order valence-electron chi connectivity index (χ2n) is 7.36. The van der Waals surface area contributed by atoms with E-state index < -0.39 is 34.3 Å². The van der Waals surface area contributed by atoms with Gasteiger partial charge in [0.2, 0.25) is 21.8 Å². The van der Waals surface area contributed by atoms with Crippen molar-refractivity contribution in [1.82, 2.24) is 10.2 Å². The van der Waals surface area contributed by atoms with E-state index in [1.165, 1.54) is 53.4 Å². The lowest BCUT2D eigenvalue weighted by Gasteiger charge is -2.31. The van der Waals surface area contributed by atoms with Gasteiger partial charge in [-0.05, 0) is 55.3 Å². The molecule has 0 unspecified atom stereocenters. The molecule has 0 spiro atoms. The second kappa shape index (κ2) is 11.3. The predicted octanol–water partition coefficient (Wildman–Crippen LogP) is 3.19. The minimum Gasteiger partial charge on any atom is -0.354 e. The van der Waals surface area contributed by atoms with Gasteiger partial charge in [-0.15, -0.1) is 0 Å². The van der Waals surface area contributed by atoms with Gasteiger partial charge in [0, 0.05) is 18.1 Å². The van der Waals surface area contributed by atoms with E-state index in [1.54, 1.807) is 6.92 Å². The number of anilines is 1. The molecule has 0 heterocycles. The van der Waals surface area contributed by atoms with Gasteiger partial charge in [-0.2, -0.15) is 0 Å². The van der Waals surface area contributed by atoms with Gasteiger partial charge >= 0.3 is 0 Å². The Morgan fingerprint density at radius 2 is 1.69 bits per heavy atom. The van der Waals surface area contributed by atoms with Crippen molar-refractivity contribution >= 4 is 39.1 Å². The third-order valence-corrected chi connectivity index (χ3v) is 6.17. The van der Waals surface area contributed by atoms with Crippen LogP contribution in [0, 0.1) is 5.82 Å². The maximum Gasteiger partial charge on any atom is 0.244 e. The summed E-state index contributed by atoms with van der Waals surface area (Å²) in [7, 11) is -3.81. The van der Waals surface area contributed by atoms with E-state index in [2.05, 4.69) is 5.32 Å². The van der Waals surface area contributed by atoms with E-state index in [4.69, 9.17) is 11.6 Å². The third-order valence-electron chi connectivity index (χ3n) is 4.78. The van der Waals surface area contributed by atoms with Crippen LogP contribution in [0.5, 0.6) is 0 Å². The number of sulfonamides is 1. The number of carbonyl (C=O) groups is 2. The van der Waals surface area contributed by atoms with E-state index in [9.17, 15) is 22.4 Å². The molecule has 2 aromatic carbocycles. The number of amides is 2. The molecule has 1 atom stereocenters. The van der Waals surface area contributed by atoms with Gasteiger partial charge in [0.25, 0.3) is 0 Å². The number of benzene rings is 2. The quantitative estimate of drug-likeness (QED) is 0.562. The van der Waals surface area contributed by atoms with Crippen LogP contribution in [0.3, 0.4) is 0 Å². The maximum absolute atomic E-state index is 13.3. The number of hydrogen-bond acceptors (Lipinski definition) is 4. The van der Waals surface area contributed by atoms with Gasteiger partial charge in [-0.25, -0.2) is 12.8 Å². The Morgan fingerprint density at radius 1 is 1.09 bits per heavy atom. The van der Waals surface area contributed by atoms with Crippen LogP contribution in [-0.4, -0.2) is 50.5 Å².